The maximum Gasteiger partial charge on any atom is 0.343 e. The van der Waals surface area contributed by atoms with Crippen LogP contribution in [0.2, 0.25) is 0 Å². The van der Waals surface area contributed by atoms with Crippen LogP contribution in [-0.2, 0) is 6.54 Å². The molecule has 7 nitrogen and oxygen atoms in total. The Morgan fingerprint density at radius 1 is 1.44 bits per heavy atom. The van der Waals surface area contributed by atoms with Gasteiger partial charge in [-0.25, -0.2) is 14.3 Å². The average molecular weight is 363 g/mol. The molecule has 3 aromatic rings. The maximum absolute atomic E-state index is 13.7. The van der Waals surface area contributed by atoms with Crippen molar-refractivity contribution in [2.75, 3.05) is 0 Å². The topological polar surface area (TPSA) is 89.6 Å². The number of thioether (sulfide) groups is 1. The molecular weight excluding hydrogens is 345 g/mol. The van der Waals surface area contributed by atoms with E-state index < -0.39 is 0 Å². The first-order chi connectivity index (χ1) is 12.0. The highest BCUT2D eigenvalue weighted by Gasteiger charge is 2.20. The van der Waals surface area contributed by atoms with Gasteiger partial charge in [0, 0.05) is 12.1 Å². The summed E-state index contributed by atoms with van der Waals surface area (Å²) < 4.78 is 20.6. The van der Waals surface area contributed by atoms with Crippen molar-refractivity contribution in [3.05, 3.63) is 46.0 Å². The van der Waals surface area contributed by atoms with E-state index in [0.29, 0.717) is 34.5 Å². The van der Waals surface area contributed by atoms with Gasteiger partial charge in [0.2, 0.25) is 11.7 Å². The molecule has 9 heteroatoms. The SMILES string of the molecule is CCCn1c(S[C@H](C)c2nc(-c3ccc(C)c(F)c3)no2)n[nH]c1=O. The Morgan fingerprint density at radius 3 is 2.96 bits per heavy atom. The lowest BCUT2D eigenvalue weighted by atomic mass is 10.1. The molecular formula is C16H18FN5O2S. The molecule has 0 unspecified atom stereocenters. The zero-order valence-corrected chi connectivity index (χ0v) is 14.9. The lowest BCUT2D eigenvalue weighted by molar-refractivity contribution is 0.380. The minimum atomic E-state index is -0.314. The molecule has 0 saturated heterocycles. The molecule has 0 fully saturated rings. The summed E-state index contributed by atoms with van der Waals surface area (Å²) in [6.45, 7) is 6.15. The number of H-pyrrole nitrogens is 1. The summed E-state index contributed by atoms with van der Waals surface area (Å²) in [5.74, 6) is 0.403. The van der Waals surface area contributed by atoms with Crippen LogP contribution in [-0.4, -0.2) is 24.9 Å². The molecule has 1 aromatic carbocycles. The number of hydrogen-bond acceptors (Lipinski definition) is 6. The lowest BCUT2D eigenvalue weighted by Gasteiger charge is -2.06. The molecule has 0 radical (unpaired) electrons. The minimum absolute atomic E-state index is 0.206. The van der Waals surface area contributed by atoms with Gasteiger partial charge in [0.25, 0.3) is 0 Å². The summed E-state index contributed by atoms with van der Waals surface area (Å²) in [5, 5.41) is 10.8. The van der Waals surface area contributed by atoms with Crippen LogP contribution in [0, 0.1) is 12.7 Å². The van der Waals surface area contributed by atoms with E-state index in [9.17, 15) is 9.18 Å². The third-order valence-corrected chi connectivity index (χ3v) is 4.75. The van der Waals surface area contributed by atoms with Gasteiger partial charge in [-0.3, -0.25) is 4.57 Å². The molecule has 0 spiro atoms. The van der Waals surface area contributed by atoms with Crippen LogP contribution in [0.4, 0.5) is 4.39 Å². The molecule has 0 aliphatic rings. The van der Waals surface area contributed by atoms with E-state index in [0.717, 1.165) is 6.42 Å². The van der Waals surface area contributed by atoms with Crippen molar-refractivity contribution in [2.24, 2.45) is 0 Å². The Hall–Kier alpha value is -2.42. The molecule has 2 heterocycles. The highest BCUT2D eigenvalue weighted by atomic mass is 32.2. The fourth-order valence-electron chi connectivity index (χ4n) is 2.27. The summed E-state index contributed by atoms with van der Waals surface area (Å²) in [6.07, 6.45) is 0.824. The van der Waals surface area contributed by atoms with Crippen LogP contribution in [0.25, 0.3) is 11.4 Å². The molecule has 1 N–H and O–H groups in total. The van der Waals surface area contributed by atoms with Gasteiger partial charge in [-0.15, -0.1) is 5.10 Å². The first-order valence-corrected chi connectivity index (χ1v) is 8.79. The molecule has 0 aliphatic carbocycles. The third kappa shape index (κ3) is 3.65. The average Bonchev–Trinajstić information content (AvgIpc) is 3.20. The Balaban J connectivity index is 1.80. The first-order valence-electron chi connectivity index (χ1n) is 7.91. The van der Waals surface area contributed by atoms with Gasteiger partial charge < -0.3 is 4.52 Å². The highest BCUT2D eigenvalue weighted by Crippen LogP contribution is 2.33. The summed E-state index contributed by atoms with van der Waals surface area (Å²) in [7, 11) is 0. The van der Waals surface area contributed by atoms with Gasteiger partial charge in [0.05, 0.1) is 5.25 Å². The standard InChI is InChI=1S/C16H18FN5O2S/c1-4-7-22-15(23)19-20-16(22)25-10(3)14-18-13(21-24-14)11-6-5-9(2)12(17)8-11/h5-6,8,10H,4,7H2,1-3H3,(H,19,23)/t10-/m1/s1. The second-order valence-corrected chi connectivity index (χ2v) is 6.95. The molecule has 0 saturated carbocycles. The van der Waals surface area contributed by atoms with E-state index in [-0.39, 0.29) is 16.8 Å². The molecule has 0 aliphatic heterocycles. The van der Waals surface area contributed by atoms with E-state index in [2.05, 4.69) is 20.3 Å². The summed E-state index contributed by atoms with van der Waals surface area (Å²) in [5.41, 5.74) is 0.875. The van der Waals surface area contributed by atoms with Crippen molar-refractivity contribution in [3.63, 3.8) is 0 Å². The molecule has 132 valence electrons. The number of aryl methyl sites for hydroxylation is 1. The first kappa shape index (κ1) is 17.4. The highest BCUT2D eigenvalue weighted by molar-refractivity contribution is 7.99. The third-order valence-electron chi connectivity index (χ3n) is 3.67. The van der Waals surface area contributed by atoms with Gasteiger partial charge in [0.1, 0.15) is 5.82 Å². The van der Waals surface area contributed by atoms with Crippen LogP contribution < -0.4 is 5.69 Å². The Kier molecular flexibility index (Phi) is 5.03. The number of benzene rings is 1. The van der Waals surface area contributed by atoms with Gasteiger partial charge >= 0.3 is 5.69 Å². The van der Waals surface area contributed by atoms with Gasteiger partial charge in [-0.1, -0.05) is 36.0 Å². The molecule has 0 amide bonds. The summed E-state index contributed by atoms with van der Waals surface area (Å²) in [6, 6.07) is 4.80. The number of hydrogen-bond donors (Lipinski definition) is 1. The monoisotopic (exact) mass is 363 g/mol. The number of aromatic amines is 1. The van der Waals surface area contributed by atoms with E-state index in [4.69, 9.17) is 4.52 Å². The Labute approximate surface area is 147 Å². The summed E-state index contributed by atoms with van der Waals surface area (Å²) >= 11 is 1.35. The molecule has 2 aromatic heterocycles. The van der Waals surface area contributed by atoms with Crippen LogP contribution >= 0.6 is 11.8 Å². The number of nitrogens with one attached hydrogen (secondary N) is 1. The minimum Gasteiger partial charge on any atom is -0.338 e. The fourth-order valence-corrected chi connectivity index (χ4v) is 3.18. The lowest BCUT2D eigenvalue weighted by Crippen LogP contribution is -2.17. The van der Waals surface area contributed by atoms with Crippen molar-refractivity contribution in [2.45, 2.75) is 44.1 Å². The second-order valence-electron chi connectivity index (χ2n) is 5.64. The number of rotatable bonds is 6. The molecule has 1 atom stereocenters. The van der Waals surface area contributed by atoms with Crippen LogP contribution in [0.5, 0.6) is 0 Å². The maximum atomic E-state index is 13.7. The zero-order chi connectivity index (χ0) is 18.0. The molecule has 25 heavy (non-hydrogen) atoms. The van der Waals surface area contributed by atoms with Crippen LogP contribution in [0.15, 0.2) is 32.7 Å². The van der Waals surface area contributed by atoms with Gasteiger partial charge in [-0.05, 0) is 31.9 Å². The predicted octanol–water partition coefficient (Wildman–Crippen LogP) is 3.33. The Morgan fingerprint density at radius 2 is 2.24 bits per heavy atom. The van der Waals surface area contributed by atoms with Gasteiger partial charge in [0.15, 0.2) is 5.16 Å². The van der Waals surface area contributed by atoms with Crippen molar-refractivity contribution in [1.82, 2.24) is 24.9 Å². The van der Waals surface area contributed by atoms with E-state index >= 15 is 0 Å². The normalized spacial score (nSPS) is 12.5. The van der Waals surface area contributed by atoms with E-state index in [1.54, 1.807) is 23.6 Å². The van der Waals surface area contributed by atoms with Crippen molar-refractivity contribution in [3.8, 4) is 11.4 Å². The number of halogens is 1. The van der Waals surface area contributed by atoms with Crippen molar-refractivity contribution >= 4 is 11.8 Å². The van der Waals surface area contributed by atoms with Crippen LogP contribution in [0.3, 0.4) is 0 Å². The zero-order valence-electron chi connectivity index (χ0n) is 14.1. The second kappa shape index (κ2) is 7.22. The number of aromatic nitrogens is 5. The smallest absolute Gasteiger partial charge is 0.338 e. The Bertz CT molecular complexity index is 933. The van der Waals surface area contributed by atoms with Crippen LogP contribution in [0.1, 0.15) is 37.0 Å². The quantitative estimate of drug-likeness (QED) is 0.676. The van der Waals surface area contributed by atoms with E-state index in [1.807, 2.05) is 13.8 Å². The number of nitrogens with zero attached hydrogens (tertiary/aromatic N) is 4. The van der Waals surface area contributed by atoms with E-state index in [1.165, 1.54) is 17.8 Å². The predicted molar refractivity (Wildman–Crippen MR) is 91.8 cm³/mol. The summed E-state index contributed by atoms with van der Waals surface area (Å²) in [4.78, 5) is 16.1. The van der Waals surface area contributed by atoms with Crippen molar-refractivity contribution < 1.29 is 8.91 Å². The largest absolute Gasteiger partial charge is 0.343 e. The fraction of sp³-hybridized carbons (Fsp3) is 0.375. The van der Waals surface area contributed by atoms with Gasteiger partial charge in [-0.2, -0.15) is 4.98 Å². The van der Waals surface area contributed by atoms with Crippen molar-refractivity contribution in [1.29, 1.82) is 0 Å². The molecule has 0 bridgehead atoms. The molecule has 3 rings (SSSR count).